The summed E-state index contributed by atoms with van der Waals surface area (Å²) in [6.07, 6.45) is 0. The summed E-state index contributed by atoms with van der Waals surface area (Å²) in [5, 5.41) is 9.79. The predicted octanol–water partition coefficient (Wildman–Crippen LogP) is 3.05. The smallest absolute Gasteiger partial charge is 0.140 e. The number of hydrogen-bond donors (Lipinski definition) is 0. The van der Waals surface area contributed by atoms with E-state index >= 15 is 0 Å². The highest BCUT2D eigenvalue weighted by atomic mass is 32.1. The summed E-state index contributed by atoms with van der Waals surface area (Å²) < 4.78 is 10.7. The van der Waals surface area contributed by atoms with Crippen molar-refractivity contribution in [3.63, 3.8) is 0 Å². The van der Waals surface area contributed by atoms with E-state index in [1.807, 2.05) is 31.2 Å². The molecule has 0 atom stereocenters. The standard InChI is InChI=1S/C14H14N2O2S/c1-10-4-3-5-11(6-10)18-9-14-16-12(8-17-2)13(7-15)19-14/h3-6H,8-9H2,1-2H3. The highest BCUT2D eigenvalue weighted by Crippen LogP contribution is 2.21. The fraction of sp³-hybridized carbons (Fsp3) is 0.286. The predicted molar refractivity (Wildman–Crippen MR) is 73.1 cm³/mol. The Labute approximate surface area is 116 Å². The van der Waals surface area contributed by atoms with Gasteiger partial charge in [0.25, 0.3) is 0 Å². The third-order valence-corrected chi connectivity index (χ3v) is 3.45. The first-order valence-corrected chi connectivity index (χ1v) is 6.61. The summed E-state index contributed by atoms with van der Waals surface area (Å²) in [4.78, 5) is 4.94. The number of aryl methyl sites for hydroxylation is 1. The molecule has 98 valence electrons. The van der Waals surface area contributed by atoms with Crippen LogP contribution in [0.1, 0.15) is 21.1 Å². The lowest BCUT2D eigenvalue weighted by atomic mass is 10.2. The second-order valence-corrected chi connectivity index (χ2v) is 5.12. The number of methoxy groups -OCH3 is 1. The van der Waals surface area contributed by atoms with Crippen molar-refractivity contribution in [1.82, 2.24) is 4.98 Å². The fourth-order valence-corrected chi connectivity index (χ4v) is 2.41. The maximum atomic E-state index is 9.00. The molecule has 4 nitrogen and oxygen atoms in total. The number of ether oxygens (including phenoxy) is 2. The van der Waals surface area contributed by atoms with E-state index in [0.29, 0.717) is 23.8 Å². The first kappa shape index (κ1) is 13.5. The summed E-state index contributed by atoms with van der Waals surface area (Å²) in [5.41, 5.74) is 1.83. The van der Waals surface area contributed by atoms with Crippen LogP contribution in [0.5, 0.6) is 5.75 Å². The Hall–Kier alpha value is -1.90. The van der Waals surface area contributed by atoms with Gasteiger partial charge in [-0.05, 0) is 24.6 Å². The van der Waals surface area contributed by atoms with Crippen LogP contribution in [0.4, 0.5) is 0 Å². The van der Waals surface area contributed by atoms with E-state index in [2.05, 4.69) is 11.1 Å². The maximum absolute atomic E-state index is 9.00. The van der Waals surface area contributed by atoms with Crippen LogP contribution < -0.4 is 4.74 Å². The first-order valence-electron chi connectivity index (χ1n) is 5.80. The molecule has 0 saturated carbocycles. The summed E-state index contributed by atoms with van der Waals surface area (Å²) >= 11 is 1.35. The van der Waals surface area contributed by atoms with E-state index in [4.69, 9.17) is 14.7 Å². The van der Waals surface area contributed by atoms with Crippen molar-refractivity contribution in [2.75, 3.05) is 7.11 Å². The van der Waals surface area contributed by atoms with Crippen molar-refractivity contribution in [2.24, 2.45) is 0 Å². The number of aromatic nitrogens is 1. The number of nitriles is 1. The molecule has 1 aromatic carbocycles. The van der Waals surface area contributed by atoms with Gasteiger partial charge in [0.1, 0.15) is 28.3 Å². The van der Waals surface area contributed by atoms with E-state index in [1.54, 1.807) is 7.11 Å². The fourth-order valence-electron chi connectivity index (χ4n) is 1.63. The van der Waals surface area contributed by atoms with Crippen LogP contribution in [0.3, 0.4) is 0 Å². The average Bonchev–Trinajstić information content (AvgIpc) is 2.79. The van der Waals surface area contributed by atoms with Crippen molar-refractivity contribution in [3.8, 4) is 11.8 Å². The van der Waals surface area contributed by atoms with Gasteiger partial charge in [0.15, 0.2) is 0 Å². The molecule has 0 amide bonds. The average molecular weight is 274 g/mol. The molecular weight excluding hydrogens is 260 g/mol. The third kappa shape index (κ3) is 3.53. The normalized spacial score (nSPS) is 10.2. The van der Waals surface area contributed by atoms with Crippen molar-refractivity contribution < 1.29 is 9.47 Å². The monoisotopic (exact) mass is 274 g/mol. The van der Waals surface area contributed by atoms with Crippen LogP contribution in [0.25, 0.3) is 0 Å². The van der Waals surface area contributed by atoms with Crippen LogP contribution >= 0.6 is 11.3 Å². The first-order chi connectivity index (χ1) is 9.22. The van der Waals surface area contributed by atoms with Gasteiger partial charge in [-0.1, -0.05) is 12.1 Å². The highest BCUT2D eigenvalue weighted by molar-refractivity contribution is 7.12. The van der Waals surface area contributed by atoms with Gasteiger partial charge in [-0.3, -0.25) is 0 Å². The molecule has 2 aromatic rings. The lowest BCUT2D eigenvalue weighted by Crippen LogP contribution is -1.96. The van der Waals surface area contributed by atoms with Crippen molar-refractivity contribution in [3.05, 3.63) is 45.4 Å². The molecule has 1 heterocycles. The number of nitrogens with zero attached hydrogens (tertiary/aromatic N) is 2. The van der Waals surface area contributed by atoms with E-state index in [1.165, 1.54) is 11.3 Å². The van der Waals surface area contributed by atoms with Gasteiger partial charge in [0.05, 0.1) is 12.3 Å². The second-order valence-electron chi connectivity index (χ2n) is 4.03. The van der Waals surface area contributed by atoms with Crippen molar-refractivity contribution >= 4 is 11.3 Å². The maximum Gasteiger partial charge on any atom is 0.140 e. The van der Waals surface area contributed by atoms with Gasteiger partial charge < -0.3 is 9.47 Å². The Morgan fingerprint density at radius 2 is 2.21 bits per heavy atom. The molecule has 1 aromatic heterocycles. The second kappa shape index (κ2) is 6.32. The molecule has 2 rings (SSSR count). The molecule has 5 heteroatoms. The van der Waals surface area contributed by atoms with Gasteiger partial charge in [-0.25, -0.2) is 4.98 Å². The summed E-state index contributed by atoms with van der Waals surface area (Å²) in [5.74, 6) is 0.807. The molecule has 0 aliphatic rings. The van der Waals surface area contributed by atoms with Crippen LogP contribution in [0.2, 0.25) is 0 Å². The van der Waals surface area contributed by atoms with Crippen molar-refractivity contribution in [1.29, 1.82) is 5.26 Å². The number of benzene rings is 1. The van der Waals surface area contributed by atoms with E-state index < -0.39 is 0 Å². The van der Waals surface area contributed by atoms with Gasteiger partial charge >= 0.3 is 0 Å². The minimum atomic E-state index is 0.351. The molecule has 0 radical (unpaired) electrons. The topological polar surface area (TPSA) is 55.1 Å². The highest BCUT2D eigenvalue weighted by Gasteiger charge is 2.11. The molecule has 0 N–H and O–H groups in total. The Kier molecular flexibility index (Phi) is 4.50. The Morgan fingerprint density at radius 3 is 2.89 bits per heavy atom. The van der Waals surface area contributed by atoms with Crippen LogP contribution in [-0.2, 0) is 18.0 Å². The zero-order valence-corrected chi connectivity index (χ0v) is 11.7. The zero-order valence-electron chi connectivity index (χ0n) is 10.8. The molecular formula is C14H14N2O2S. The van der Waals surface area contributed by atoms with Gasteiger partial charge in [0.2, 0.25) is 0 Å². The Balaban J connectivity index is 2.06. The molecule has 0 saturated heterocycles. The number of thiazole rings is 1. The summed E-state index contributed by atoms with van der Waals surface area (Å²) in [7, 11) is 1.59. The minimum absolute atomic E-state index is 0.351. The number of hydrogen-bond acceptors (Lipinski definition) is 5. The lowest BCUT2D eigenvalue weighted by Gasteiger charge is -2.04. The molecule has 0 bridgehead atoms. The molecule has 19 heavy (non-hydrogen) atoms. The van der Waals surface area contributed by atoms with E-state index in [0.717, 1.165) is 16.3 Å². The van der Waals surface area contributed by atoms with E-state index in [-0.39, 0.29) is 0 Å². The molecule has 0 fully saturated rings. The zero-order chi connectivity index (χ0) is 13.7. The van der Waals surface area contributed by atoms with Crippen LogP contribution in [0.15, 0.2) is 24.3 Å². The minimum Gasteiger partial charge on any atom is -0.486 e. The van der Waals surface area contributed by atoms with Gasteiger partial charge in [-0.2, -0.15) is 5.26 Å². The van der Waals surface area contributed by atoms with Crippen LogP contribution in [-0.4, -0.2) is 12.1 Å². The lowest BCUT2D eigenvalue weighted by molar-refractivity contribution is 0.181. The summed E-state index contributed by atoms with van der Waals surface area (Å²) in [6, 6.07) is 9.96. The summed E-state index contributed by atoms with van der Waals surface area (Å²) in [6.45, 7) is 2.73. The molecule has 0 aliphatic heterocycles. The van der Waals surface area contributed by atoms with Gasteiger partial charge in [-0.15, -0.1) is 11.3 Å². The molecule has 0 unspecified atom stereocenters. The van der Waals surface area contributed by atoms with Gasteiger partial charge in [0, 0.05) is 7.11 Å². The number of rotatable bonds is 5. The van der Waals surface area contributed by atoms with Crippen molar-refractivity contribution in [2.45, 2.75) is 20.1 Å². The molecule has 0 aliphatic carbocycles. The van der Waals surface area contributed by atoms with Crippen LogP contribution in [0, 0.1) is 18.3 Å². The largest absolute Gasteiger partial charge is 0.486 e. The SMILES string of the molecule is COCc1nc(COc2cccc(C)c2)sc1C#N. The quantitative estimate of drug-likeness (QED) is 0.841. The molecule has 0 spiro atoms. The van der Waals surface area contributed by atoms with E-state index in [9.17, 15) is 0 Å². The third-order valence-electron chi connectivity index (χ3n) is 2.48. The Bertz CT molecular complexity index is 602. The Morgan fingerprint density at radius 1 is 1.37 bits per heavy atom.